The third kappa shape index (κ3) is 3.83. The van der Waals surface area contributed by atoms with Gasteiger partial charge in [0.05, 0.1) is 12.7 Å². The van der Waals surface area contributed by atoms with Crippen molar-refractivity contribution >= 4 is 5.91 Å². The molecule has 3 saturated heterocycles. The first kappa shape index (κ1) is 20.1. The van der Waals surface area contributed by atoms with Crippen LogP contribution in [0.1, 0.15) is 47.3 Å². The fourth-order valence-electron chi connectivity index (χ4n) is 6.15. The molecule has 2 aromatic rings. The highest BCUT2D eigenvalue weighted by molar-refractivity contribution is 5.93. The average molecular weight is 419 g/mol. The van der Waals surface area contributed by atoms with E-state index in [1.807, 2.05) is 11.0 Å². The van der Waals surface area contributed by atoms with Gasteiger partial charge in [0, 0.05) is 31.4 Å². The lowest BCUT2D eigenvalue weighted by Gasteiger charge is -2.57. The van der Waals surface area contributed by atoms with Crippen LogP contribution in [0.3, 0.4) is 0 Å². The van der Waals surface area contributed by atoms with Crippen LogP contribution in [0.25, 0.3) is 0 Å². The van der Waals surface area contributed by atoms with Gasteiger partial charge in [-0.15, -0.1) is 0 Å². The van der Waals surface area contributed by atoms with E-state index in [-0.39, 0.29) is 5.91 Å². The van der Waals surface area contributed by atoms with Gasteiger partial charge < -0.3 is 14.6 Å². The molecule has 0 spiro atoms. The lowest BCUT2D eigenvalue weighted by molar-refractivity contribution is -0.0643. The number of nitrogens with one attached hydrogen (secondary N) is 1. The number of nitrogens with zero attached hydrogens (tertiary/aromatic N) is 3. The van der Waals surface area contributed by atoms with Crippen LogP contribution in [0.4, 0.5) is 0 Å². The van der Waals surface area contributed by atoms with Crippen LogP contribution >= 0.6 is 0 Å². The third-order valence-corrected chi connectivity index (χ3v) is 7.53. The lowest BCUT2D eigenvalue weighted by Crippen LogP contribution is -2.64. The molecule has 0 radical (unpaired) electrons. The van der Waals surface area contributed by atoms with Gasteiger partial charge in [0.2, 0.25) is 0 Å². The maximum absolute atomic E-state index is 13.2. The van der Waals surface area contributed by atoms with Crippen LogP contribution in [0.5, 0.6) is 5.75 Å². The molecular weight excluding hydrogens is 388 g/mol. The van der Waals surface area contributed by atoms with Crippen LogP contribution in [0.15, 0.2) is 36.5 Å². The Morgan fingerprint density at radius 1 is 1.26 bits per heavy atom. The molecule has 3 aliphatic heterocycles. The summed E-state index contributed by atoms with van der Waals surface area (Å²) in [5, 5.41) is 9.11. The number of carbonyl (C=O) groups excluding carboxylic acids is 1. The molecule has 0 saturated carbocycles. The summed E-state index contributed by atoms with van der Waals surface area (Å²) in [6.07, 6.45) is 7.60. The van der Waals surface area contributed by atoms with E-state index in [1.54, 1.807) is 19.4 Å². The SMILES string of the molecule is COc1cccc(C[C@H]2[C@H]3C[C@H](CN(C(=O)c4cc(C#N)c[nH]4)C3)[C@@H]3CCCCN32)c1. The first-order chi connectivity index (χ1) is 15.2. The van der Waals surface area contributed by atoms with E-state index >= 15 is 0 Å². The van der Waals surface area contributed by atoms with Crippen molar-refractivity contribution < 1.29 is 9.53 Å². The summed E-state index contributed by atoms with van der Waals surface area (Å²) in [6, 6.07) is 13.2. The molecule has 0 aliphatic carbocycles. The second-order valence-corrected chi connectivity index (χ2v) is 9.30. The van der Waals surface area contributed by atoms with Crippen molar-refractivity contribution in [1.29, 1.82) is 5.26 Å². The molecule has 6 nitrogen and oxygen atoms in total. The van der Waals surface area contributed by atoms with Gasteiger partial charge in [-0.25, -0.2) is 0 Å². The Hall–Kier alpha value is -2.78. The Morgan fingerprint density at radius 2 is 2.13 bits per heavy atom. The molecular formula is C25H30N4O2. The molecule has 162 valence electrons. The molecule has 3 aliphatic rings. The maximum atomic E-state index is 13.2. The zero-order valence-corrected chi connectivity index (χ0v) is 18.1. The minimum Gasteiger partial charge on any atom is -0.497 e. The summed E-state index contributed by atoms with van der Waals surface area (Å²) >= 11 is 0. The van der Waals surface area contributed by atoms with Gasteiger partial charge in [0.1, 0.15) is 17.5 Å². The minimum absolute atomic E-state index is 0.0283. The highest BCUT2D eigenvalue weighted by Crippen LogP contribution is 2.42. The first-order valence-electron chi connectivity index (χ1n) is 11.4. The number of likely N-dealkylation sites (tertiary alicyclic amines) is 1. The number of hydrogen-bond acceptors (Lipinski definition) is 4. The van der Waals surface area contributed by atoms with E-state index in [1.165, 1.54) is 37.8 Å². The molecule has 0 unspecified atom stereocenters. The molecule has 1 aromatic carbocycles. The number of benzene rings is 1. The van der Waals surface area contributed by atoms with Crippen LogP contribution < -0.4 is 4.74 Å². The minimum atomic E-state index is 0.0283. The zero-order chi connectivity index (χ0) is 21.4. The van der Waals surface area contributed by atoms with E-state index in [4.69, 9.17) is 10.00 Å². The molecule has 1 N–H and O–H groups in total. The molecule has 4 atom stereocenters. The predicted octanol–water partition coefficient (Wildman–Crippen LogP) is 3.45. The van der Waals surface area contributed by atoms with Crippen LogP contribution in [0.2, 0.25) is 0 Å². The summed E-state index contributed by atoms with van der Waals surface area (Å²) in [7, 11) is 1.72. The van der Waals surface area contributed by atoms with Crippen molar-refractivity contribution in [3.8, 4) is 11.8 Å². The van der Waals surface area contributed by atoms with Crippen molar-refractivity contribution in [2.24, 2.45) is 11.8 Å². The van der Waals surface area contributed by atoms with Gasteiger partial charge >= 0.3 is 0 Å². The molecule has 4 heterocycles. The Balaban J connectivity index is 1.40. The topological polar surface area (TPSA) is 72.4 Å². The lowest BCUT2D eigenvalue weighted by atomic mass is 9.71. The monoisotopic (exact) mass is 418 g/mol. The van der Waals surface area contributed by atoms with Crippen molar-refractivity contribution in [3.05, 3.63) is 53.3 Å². The van der Waals surface area contributed by atoms with E-state index in [0.717, 1.165) is 25.3 Å². The largest absolute Gasteiger partial charge is 0.497 e. The number of H-pyrrole nitrogens is 1. The summed E-state index contributed by atoms with van der Waals surface area (Å²) in [5.74, 6) is 1.94. The third-order valence-electron chi connectivity index (χ3n) is 7.53. The number of hydrogen-bond donors (Lipinski definition) is 1. The molecule has 1 aromatic heterocycles. The van der Waals surface area contributed by atoms with E-state index in [9.17, 15) is 4.79 Å². The van der Waals surface area contributed by atoms with Gasteiger partial charge in [-0.05, 0) is 67.8 Å². The van der Waals surface area contributed by atoms with Gasteiger partial charge in [0.15, 0.2) is 0 Å². The number of amides is 1. The number of fused-ring (bicyclic) bond motifs is 4. The zero-order valence-electron chi connectivity index (χ0n) is 18.1. The fourth-order valence-corrected chi connectivity index (χ4v) is 6.15. The van der Waals surface area contributed by atoms with E-state index < -0.39 is 0 Å². The van der Waals surface area contributed by atoms with Gasteiger partial charge in [-0.3, -0.25) is 9.69 Å². The highest BCUT2D eigenvalue weighted by Gasteiger charge is 2.47. The summed E-state index contributed by atoms with van der Waals surface area (Å²) in [4.78, 5) is 21.0. The van der Waals surface area contributed by atoms with E-state index in [0.29, 0.717) is 35.2 Å². The Morgan fingerprint density at radius 3 is 2.94 bits per heavy atom. The number of methoxy groups -OCH3 is 1. The summed E-state index contributed by atoms with van der Waals surface area (Å²) in [6.45, 7) is 2.78. The molecule has 2 bridgehead atoms. The van der Waals surface area contributed by atoms with E-state index in [2.05, 4.69) is 34.2 Å². The number of rotatable bonds is 4. The van der Waals surface area contributed by atoms with Gasteiger partial charge in [0.25, 0.3) is 5.91 Å². The van der Waals surface area contributed by atoms with Crippen LogP contribution in [0, 0.1) is 23.2 Å². The number of aromatic nitrogens is 1. The molecule has 6 heteroatoms. The number of carbonyl (C=O) groups is 1. The van der Waals surface area contributed by atoms with Crippen molar-refractivity contribution in [1.82, 2.24) is 14.8 Å². The average Bonchev–Trinajstić information content (AvgIpc) is 3.31. The predicted molar refractivity (Wildman–Crippen MR) is 118 cm³/mol. The van der Waals surface area contributed by atoms with Crippen molar-refractivity contribution in [3.63, 3.8) is 0 Å². The van der Waals surface area contributed by atoms with Crippen molar-refractivity contribution in [2.75, 3.05) is 26.7 Å². The number of ether oxygens (including phenoxy) is 1. The fraction of sp³-hybridized carbons (Fsp3) is 0.520. The Labute approximate surface area is 183 Å². The van der Waals surface area contributed by atoms with Crippen LogP contribution in [-0.4, -0.2) is 59.5 Å². The number of piperidine rings is 3. The van der Waals surface area contributed by atoms with Gasteiger partial charge in [-0.1, -0.05) is 18.6 Å². The number of aromatic amines is 1. The second-order valence-electron chi connectivity index (χ2n) is 9.30. The smallest absolute Gasteiger partial charge is 0.270 e. The van der Waals surface area contributed by atoms with Gasteiger partial charge in [-0.2, -0.15) is 5.26 Å². The Bertz CT molecular complexity index is 993. The summed E-state index contributed by atoms with van der Waals surface area (Å²) in [5.41, 5.74) is 2.34. The molecule has 1 amide bonds. The summed E-state index contributed by atoms with van der Waals surface area (Å²) < 4.78 is 5.45. The number of nitriles is 1. The molecule has 3 fully saturated rings. The first-order valence-corrected chi connectivity index (χ1v) is 11.4. The maximum Gasteiger partial charge on any atom is 0.270 e. The van der Waals surface area contributed by atoms with Crippen molar-refractivity contribution in [2.45, 2.75) is 44.2 Å². The second kappa shape index (κ2) is 8.39. The Kier molecular flexibility index (Phi) is 5.45. The molecule has 31 heavy (non-hydrogen) atoms. The highest BCUT2D eigenvalue weighted by atomic mass is 16.5. The quantitative estimate of drug-likeness (QED) is 0.825. The van der Waals surface area contributed by atoms with Crippen LogP contribution in [-0.2, 0) is 6.42 Å². The normalized spacial score (nSPS) is 27.9. The standard InChI is InChI=1S/C25H30N4O2/c1-31-21-6-4-5-17(9-21)11-24-20-12-19(23-7-2-3-8-29(23)24)15-28(16-20)25(30)22-10-18(13-26)14-27-22/h4-6,9-10,14,19-20,23-24,27H,2-3,7-8,11-12,15-16H2,1H3/t19-,20+,23+,24+/m1/s1. The molecule has 5 rings (SSSR count).